The summed E-state index contributed by atoms with van der Waals surface area (Å²) >= 11 is 1.19. The molecule has 0 spiro atoms. The molecular weight excluding hydrogens is 431 g/mol. The van der Waals surface area contributed by atoms with E-state index in [0.717, 1.165) is 0 Å². The van der Waals surface area contributed by atoms with E-state index in [1.165, 1.54) is 35.6 Å². The third kappa shape index (κ3) is 4.81. The van der Waals surface area contributed by atoms with Crippen LogP contribution in [0.1, 0.15) is 21.0 Å². The van der Waals surface area contributed by atoms with E-state index in [1.54, 1.807) is 36.4 Å². The Hall–Kier alpha value is -3.65. The van der Waals surface area contributed by atoms with Crippen molar-refractivity contribution in [3.8, 4) is 5.75 Å². The number of ether oxygens (including phenoxy) is 1. The molecule has 2 amide bonds. The highest BCUT2D eigenvalue weighted by Gasteiger charge is 2.24. The predicted octanol–water partition coefficient (Wildman–Crippen LogP) is 4.60. The van der Waals surface area contributed by atoms with E-state index in [1.807, 2.05) is 18.2 Å². The molecule has 0 saturated carbocycles. The SMILES string of the molecule is CN(CC(=O)NCc1ccco1)C(=O)c1sc2cccc(F)c2c1COc1ccccc1. The normalized spacial score (nSPS) is 10.8. The van der Waals surface area contributed by atoms with Crippen LogP contribution < -0.4 is 10.1 Å². The summed E-state index contributed by atoms with van der Waals surface area (Å²) in [7, 11) is 1.54. The number of carbonyl (C=O) groups is 2. The van der Waals surface area contributed by atoms with Crippen molar-refractivity contribution >= 4 is 33.2 Å². The van der Waals surface area contributed by atoms with Crippen LogP contribution in [-0.4, -0.2) is 30.3 Å². The zero-order valence-corrected chi connectivity index (χ0v) is 18.2. The van der Waals surface area contributed by atoms with Crippen molar-refractivity contribution in [1.29, 1.82) is 0 Å². The first kappa shape index (κ1) is 21.6. The summed E-state index contributed by atoms with van der Waals surface area (Å²) in [5, 5.41) is 3.08. The summed E-state index contributed by atoms with van der Waals surface area (Å²) in [6, 6.07) is 17.3. The van der Waals surface area contributed by atoms with Gasteiger partial charge in [0.05, 0.1) is 24.2 Å². The van der Waals surface area contributed by atoms with E-state index in [4.69, 9.17) is 9.15 Å². The zero-order valence-electron chi connectivity index (χ0n) is 17.3. The highest BCUT2D eigenvalue weighted by atomic mass is 32.1. The minimum Gasteiger partial charge on any atom is -0.489 e. The second kappa shape index (κ2) is 9.65. The van der Waals surface area contributed by atoms with Crippen LogP contribution in [0, 0.1) is 5.82 Å². The van der Waals surface area contributed by atoms with E-state index in [-0.39, 0.29) is 31.5 Å². The maximum absolute atomic E-state index is 14.6. The van der Waals surface area contributed by atoms with Gasteiger partial charge in [-0.2, -0.15) is 0 Å². The number of likely N-dealkylation sites (N-methyl/N-ethyl adjacent to an activating group) is 1. The van der Waals surface area contributed by atoms with Crippen molar-refractivity contribution in [2.45, 2.75) is 13.2 Å². The molecular formula is C24H21FN2O4S. The first-order chi connectivity index (χ1) is 15.5. The number of para-hydroxylation sites is 1. The third-order valence-corrected chi connectivity index (χ3v) is 6.04. The second-order valence-electron chi connectivity index (χ2n) is 7.14. The lowest BCUT2D eigenvalue weighted by Gasteiger charge is -2.17. The fourth-order valence-electron chi connectivity index (χ4n) is 3.27. The van der Waals surface area contributed by atoms with Gasteiger partial charge in [0, 0.05) is 22.7 Å². The molecule has 8 heteroatoms. The van der Waals surface area contributed by atoms with Gasteiger partial charge >= 0.3 is 0 Å². The summed E-state index contributed by atoms with van der Waals surface area (Å²) in [4.78, 5) is 27.1. The molecule has 0 unspecified atom stereocenters. The number of nitrogens with zero attached hydrogens (tertiary/aromatic N) is 1. The van der Waals surface area contributed by atoms with E-state index in [2.05, 4.69) is 5.32 Å². The lowest BCUT2D eigenvalue weighted by atomic mass is 10.1. The molecule has 164 valence electrons. The second-order valence-corrected chi connectivity index (χ2v) is 8.19. The number of benzene rings is 2. The number of amides is 2. The average molecular weight is 453 g/mol. The number of hydrogen-bond donors (Lipinski definition) is 1. The molecule has 0 atom stereocenters. The Labute approximate surface area is 188 Å². The smallest absolute Gasteiger partial charge is 0.264 e. The number of nitrogens with one attached hydrogen (secondary N) is 1. The number of thiophene rings is 1. The van der Waals surface area contributed by atoms with Gasteiger partial charge in [0.1, 0.15) is 23.9 Å². The van der Waals surface area contributed by atoms with E-state index < -0.39 is 5.82 Å². The molecule has 4 rings (SSSR count). The molecule has 4 aromatic rings. The van der Waals surface area contributed by atoms with Crippen LogP contribution in [-0.2, 0) is 17.9 Å². The minimum atomic E-state index is -0.414. The van der Waals surface area contributed by atoms with Gasteiger partial charge in [-0.25, -0.2) is 4.39 Å². The van der Waals surface area contributed by atoms with E-state index in [0.29, 0.717) is 32.0 Å². The fourth-order valence-corrected chi connectivity index (χ4v) is 4.48. The summed E-state index contributed by atoms with van der Waals surface area (Å²) < 4.78 is 26.3. The van der Waals surface area contributed by atoms with Crippen molar-refractivity contribution in [3.63, 3.8) is 0 Å². The van der Waals surface area contributed by atoms with Crippen LogP contribution >= 0.6 is 11.3 Å². The Morgan fingerprint density at radius 3 is 2.66 bits per heavy atom. The Morgan fingerprint density at radius 2 is 1.91 bits per heavy atom. The maximum Gasteiger partial charge on any atom is 0.264 e. The molecule has 0 radical (unpaired) electrons. The van der Waals surface area contributed by atoms with E-state index >= 15 is 0 Å². The zero-order chi connectivity index (χ0) is 22.5. The van der Waals surface area contributed by atoms with Crippen molar-refractivity contribution < 1.29 is 23.1 Å². The van der Waals surface area contributed by atoms with Gasteiger partial charge in [-0.3, -0.25) is 9.59 Å². The molecule has 2 aromatic heterocycles. The summed E-state index contributed by atoms with van der Waals surface area (Å²) in [6.45, 7) is 0.123. The monoisotopic (exact) mass is 452 g/mol. The summed E-state index contributed by atoms with van der Waals surface area (Å²) in [5.74, 6) is 0.125. The van der Waals surface area contributed by atoms with Gasteiger partial charge < -0.3 is 19.4 Å². The molecule has 1 N–H and O–H groups in total. The average Bonchev–Trinajstić information content (AvgIpc) is 3.45. The number of hydrogen-bond acceptors (Lipinski definition) is 5. The van der Waals surface area contributed by atoms with Crippen LogP contribution in [0.4, 0.5) is 4.39 Å². The Balaban J connectivity index is 1.53. The minimum absolute atomic E-state index is 0.0323. The highest BCUT2D eigenvalue weighted by molar-refractivity contribution is 7.21. The lowest BCUT2D eigenvalue weighted by molar-refractivity contribution is -0.121. The predicted molar refractivity (Wildman–Crippen MR) is 120 cm³/mol. The lowest BCUT2D eigenvalue weighted by Crippen LogP contribution is -2.38. The molecule has 2 aromatic carbocycles. The molecule has 0 aliphatic heterocycles. The van der Waals surface area contributed by atoms with Gasteiger partial charge in [-0.1, -0.05) is 24.3 Å². The molecule has 0 saturated heterocycles. The molecule has 0 aliphatic rings. The van der Waals surface area contributed by atoms with Crippen LogP contribution in [0.3, 0.4) is 0 Å². The van der Waals surface area contributed by atoms with Gasteiger partial charge in [-0.15, -0.1) is 11.3 Å². The molecule has 2 heterocycles. The van der Waals surface area contributed by atoms with Crippen molar-refractivity contribution in [2.75, 3.05) is 13.6 Å². The largest absolute Gasteiger partial charge is 0.489 e. The van der Waals surface area contributed by atoms with Crippen molar-refractivity contribution in [3.05, 3.63) is 88.9 Å². The summed E-state index contributed by atoms with van der Waals surface area (Å²) in [5.41, 5.74) is 0.472. The topological polar surface area (TPSA) is 71.8 Å². The van der Waals surface area contributed by atoms with Crippen LogP contribution in [0.15, 0.2) is 71.3 Å². The van der Waals surface area contributed by atoms with Crippen molar-refractivity contribution in [1.82, 2.24) is 10.2 Å². The van der Waals surface area contributed by atoms with Crippen LogP contribution in [0.2, 0.25) is 0 Å². The Kier molecular flexibility index (Phi) is 6.51. The quantitative estimate of drug-likeness (QED) is 0.424. The fraction of sp³-hybridized carbons (Fsp3) is 0.167. The first-order valence-corrected chi connectivity index (χ1v) is 10.8. The maximum atomic E-state index is 14.6. The van der Waals surface area contributed by atoms with Crippen LogP contribution in [0.25, 0.3) is 10.1 Å². The highest BCUT2D eigenvalue weighted by Crippen LogP contribution is 2.34. The number of carbonyl (C=O) groups excluding carboxylic acids is 2. The first-order valence-electron chi connectivity index (χ1n) is 9.95. The molecule has 6 nitrogen and oxygen atoms in total. The van der Waals surface area contributed by atoms with Crippen molar-refractivity contribution in [2.24, 2.45) is 0 Å². The van der Waals surface area contributed by atoms with Gasteiger partial charge in [0.2, 0.25) is 5.91 Å². The molecule has 0 fully saturated rings. The number of rotatable bonds is 8. The Bertz CT molecular complexity index is 1220. The van der Waals surface area contributed by atoms with Gasteiger partial charge in [0.25, 0.3) is 5.91 Å². The van der Waals surface area contributed by atoms with Crippen LogP contribution in [0.5, 0.6) is 5.75 Å². The molecule has 0 aliphatic carbocycles. The molecule has 32 heavy (non-hydrogen) atoms. The third-order valence-electron chi connectivity index (χ3n) is 4.85. The Morgan fingerprint density at radius 1 is 1.09 bits per heavy atom. The standard InChI is InChI=1S/C24H21FN2O4S/c1-27(14-21(28)26-13-17-9-6-12-30-17)24(29)23-18(15-31-16-7-3-2-4-8-16)22-19(25)10-5-11-20(22)32-23/h2-12H,13-15H2,1H3,(H,26,28). The number of furan rings is 1. The van der Waals surface area contributed by atoms with Gasteiger partial charge in [-0.05, 0) is 36.4 Å². The summed E-state index contributed by atoms with van der Waals surface area (Å²) in [6.07, 6.45) is 1.52. The number of halogens is 1. The van der Waals surface area contributed by atoms with Gasteiger partial charge in [0.15, 0.2) is 0 Å². The molecule has 0 bridgehead atoms. The van der Waals surface area contributed by atoms with E-state index in [9.17, 15) is 14.0 Å². The number of fused-ring (bicyclic) bond motifs is 1.